The van der Waals surface area contributed by atoms with Gasteiger partial charge >= 0.3 is 6.09 Å². The predicted octanol–water partition coefficient (Wildman–Crippen LogP) is 2.84. The van der Waals surface area contributed by atoms with Crippen LogP contribution in [0.15, 0.2) is 11.2 Å². The smallest absolute Gasteiger partial charge is 0.407 e. The second-order valence-electron chi connectivity index (χ2n) is 5.54. The fourth-order valence-corrected chi connectivity index (χ4v) is 3.01. The lowest BCUT2D eigenvalue weighted by Gasteiger charge is -2.14. The van der Waals surface area contributed by atoms with E-state index in [4.69, 9.17) is 4.74 Å². The van der Waals surface area contributed by atoms with Crippen molar-refractivity contribution in [2.45, 2.75) is 63.1 Å². The maximum atomic E-state index is 11.6. The molecule has 0 saturated heterocycles. The van der Waals surface area contributed by atoms with E-state index in [1.807, 2.05) is 0 Å². The van der Waals surface area contributed by atoms with Crippen molar-refractivity contribution in [3.05, 3.63) is 6.20 Å². The van der Waals surface area contributed by atoms with E-state index in [0.29, 0.717) is 12.6 Å². The highest BCUT2D eigenvalue weighted by atomic mass is 32.2. The largest absolute Gasteiger partial charge is 0.450 e. The van der Waals surface area contributed by atoms with Crippen LogP contribution < -0.4 is 10.6 Å². The van der Waals surface area contributed by atoms with Gasteiger partial charge in [-0.3, -0.25) is 0 Å². The molecule has 0 aliphatic heterocycles. The first-order chi connectivity index (χ1) is 11.2. The molecule has 0 spiro atoms. The lowest BCUT2D eigenvalue weighted by atomic mass is 10.2. The first kappa shape index (κ1) is 17.8. The number of alkyl carbamates (subject to hydrolysis) is 1. The van der Waals surface area contributed by atoms with E-state index in [2.05, 4.69) is 39.7 Å². The Morgan fingerprint density at radius 2 is 2.17 bits per heavy atom. The molecule has 2 atom stereocenters. The summed E-state index contributed by atoms with van der Waals surface area (Å²) in [5.74, 6) is 1.50. The summed E-state index contributed by atoms with van der Waals surface area (Å²) in [5, 5.41) is 15.2. The molecule has 1 aliphatic rings. The minimum absolute atomic E-state index is 0.143. The predicted molar refractivity (Wildman–Crippen MR) is 90.7 cm³/mol. The van der Waals surface area contributed by atoms with Gasteiger partial charge in [0.25, 0.3) is 0 Å². The Bertz CT molecular complexity index is 485. The number of nitrogens with zero attached hydrogens (tertiary/aromatic N) is 3. The minimum Gasteiger partial charge on any atom is -0.450 e. The van der Waals surface area contributed by atoms with Gasteiger partial charge in [-0.15, -0.1) is 22.0 Å². The molecule has 1 heterocycles. The highest BCUT2D eigenvalue weighted by Gasteiger charge is 2.26. The first-order valence-corrected chi connectivity index (χ1v) is 9.22. The lowest BCUT2D eigenvalue weighted by molar-refractivity contribution is 0.140. The minimum atomic E-state index is -0.317. The zero-order chi connectivity index (χ0) is 16.5. The maximum Gasteiger partial charge on any atom is 0.407 e. The number of amides is 1. The van der Waals surface area contributed by atoms with Crippen molar-refractivity contribution in [2.75, 3.05) is 17.7 Å². The monoisotopic (exact) mass is 339 g/mol. The molecule has 0 unspecified atom stereocenters. The summed E-state index contributed by atoms with van der Waals surface area (Å²) in [6.07, 6.45) is 6.08. The molecule has 0 radical (unpaired) electrons. The van der Waals surface area contributed by atoms with Crippen LogP contribution >= 0.6 is 11.8 Å². The normalized spacial score (nSPS) is 20.3. The number of anilines is 1. The van der Waals surface area contributed by atoms with Crippen molar-refractivity contribution in [3.8, 4) is 0 Å². The van der Waals surface area contributed by atoms with Crippen LogP contribution in [0, 0.1) is 0 Å². The molecule has 0 aromatic carbocycles. The Labute approximate surface area is 141 Å². The van der Waals surface area contributed by atoms with E-state index in [1.165, 1.54) is 0 Å². The van der Waals surface area contributed by atoms with Gasteiger partial charge in [-0.2, -0.15) is 0 Å². The highest BCUT2D eigenvalue weighted by molar-refractivity contribution is 7.99. The Hall–Kier alpha value is -1.57. The Balaban J connectivity index is 1.71. The van der Waals surface area contributed by atoms with E-state index in [1.54, 1.807) is 18.0 Å². The quantitative estimate of drug-likeness (QED) is 0.556. The van der Waals surface area contributed by atoms with Crippen molar-refractivity contribution >= 4 is 23.8 Å². The summed E-state index contributed by atoms with van der Waals surface area (Å²) in [5.41, 5.74) is 0. The molecule has 7 nitrogen and oxygen atoms in total. The molecule has 1 amide bonds. The number of unbranched alkanes of at least 4 members (excludes halogenated alkanes) is 1. The van der Waals surface area contributed by atoms with E-state index < -0.39 is 0 Å². The zero-order valence-corrected chi connectivity index (χ0v) is 14.6. The third-order valence-corrected chi connectivity index (χ3v) is 4.42. The van der Waals surface area contributed by atoms with Crippen LogP contribution in [0.1, 0.15) is 46.0 Å². The average molecular weight is 339 g/mol. The summed E-state index contributed by atoms with van der Waals surface area (Å²) >= 11 is 1.62. The number of hydrogen-bond donors (Lipinski definition) is 2. The summed E-state index contributed by atoms with van der Waals surface area (Å²) in [7, 11) is 0. The molecule has 1 aromatic rings. The van der Waals surface area contributed by atoms with Crippen molar-refractivity contribution in [3.63, 3.8) is 0 Å². The van der Waals surface area contributed by atoms with Crippen molar-refractivity contribution in [1.82, 2.24) is 20.5 Å². The zero-order valence-electron chi connectivity index (χ0n) is 13.7. The third-order valence-electron chi connectivity index (χ3n) is 3.65. The molecular formula is C15H25N5O2S. The molecular weight excluding hydrogens is 314 g/mol. The number of hydrogen-bond acceptors (Lipinski definition) is 7. The van der Waals surface area contributed by atoms with Crippen LogP contribution in [0.3, 0.4) is 0 Å². The van der Waals surface area contributed by atoms with E-state index in [-0.39, 0.29) is 18.2 Å². The molecule has 1 aromatic heterocycles. The second-order valence-corrected chi connectivity index (χ2v) is 6.82. The summed E-state index contributed by atoms with van der Waals surface area (Å²) in [6, 6.07) is 0.395. The number of thioether (sulfide) groups is 1. The molecule has 8 heteroatoms. The molecule has 0 bridgehead atoms. The van der Waals surface area contributed by atoms with Crippen LogP contribution in [0.25, 0.3) is 0 Å². The van der Waals surface area contributed by atoms with Crippen molar-refractivity contribution < 1.29 is 9.53 Å². The first-order valence-electron chi connectivity index (χ1n) is 8.23. The number of ether oxygens (including phenoxy) is 1. The number of carbonyl (C=O) groups excluding carboxylic acids is 1. The average Bonchev–Trinajstić information content (AvgIpc) is 2.97. The van der Waals surface area contributed by atoms with Crippen molar-refractivity contribution in [2.24, 2.45) is 0 Å². The Morgan fingerprint density at radius 3 is 2.87 bits per heavy atom. The van der Waals surface area contributed by atoms with E-state index >= 15 is 0 Å². The molecule has 23 heavy (non-hydrogen) atoms. The van der Waals surface area contributed by atoms with Crippen LogP contribution in [-0.2, 0) is 4.74 Å². The van der Waals surface area contributed by atoms with Gasteiger partial charge in [0.2, 0.25) is 5.95 Å². The maximum absolute atomic E-state index is 11.6. The lowest BCUT2D eigenvalue weighted by Crippen LogP contribution is -2.34. The number of rotatable bonds is 8. The fraction of sp³-hybridized carbons (Fsp3) is 0.733. The van der Waals surface area contributed by atoms with Gasteiger partial charge in [0, 0.05) is 12.1 Å². The summed E-state index contributed by atoms with van der Waals surface area (Å²) < 4.78 is 5.13. The van der Waals surface area contributed by atoms with Crippen LogP contribution in [0.2, 0.25) is 0 Å². The van der Waals surface area contributed by atoms with Gasteiger partial charge < -0.3 is 15.4 Å². The van der Waals surface area contributed by atoms with Crippen LogP contribution in [0.4, 0.5) is 10.7 Å². The van der Waals surface area contributed by atoms with Gasteiger partial charge in [-0.05, 0) is 31.4 Å². The van der Waals surface area contributed by atoms with Crippen LogP contribution in [0.5, 0.6) is 0 Å². The second kappa shape index (κ2) is 9.54. The SMILES string of the molecule is CCCCOC(=O)N[C@H]1CC[C@H](Nc2ncc(SCC)nn2)C1. The molecule has 2 N–H and O–H groups in total. The van der Waals surface area contributed by atoms with Gasteiger partial charge in [-0.25, -0.2) is 9.78 Å². The van der Waals surface area contributed by atoms with Crippen molar-refractivity contribution in [1.29, 1.82) is 0 Å². The molecule has 1 saturated carbocycles. The molecule has 2 rings (SSSR count). The topological polar surface area (TPSA) is 89.0 Å². The van der Waals surface area contributed by atoms with Gasteiger partial charge in [0.05, 0.1) is 12.8 Å². The third kappa shape index (κ3) is 6.21. The fourth-order valence-electron chi connectivity index (χ4n) is 2.49. The number of carbonyl (C=O) groups is 1. The van der Waals surface area contributed by atoms with Gasteiger partial charge in [0.1, 0.15) is 5.03 Å². The van der Waals surface area contributed by atoms with Gasteiger partial charge in [0.15, 0.2) is 0 Å². The highest BCUT2D eigenvalue weighted by Crippen LogP contribution is 2.22. The Morgan fingerprint density at radius 1 is 1.35 bits per heavy atom. The van der Waals surface area contributed by atoms with Gasteiger partial charge in [-0.1, -0.05) is 20.3 Å². The van der Waals surface area contributed by atoms with E-state index in [0.717, 1.165) is 42.9 Å². The number of aromatic nitrogens is 3. The Kier molecular flexibility index (Phi) is 7.38. The van der Waals surface area contributed by atoms with E-state index in [9.17, 15) is 4.79 Å². The molecule has 128 valence electrons. The summed E-state index contributed by atoms with van der Waals surface area (Å²) in [6.45, 7) is 4.62. The number of nitrogens with one attached hydrogen (secondary N) is 2. The standard InChI is InChI=1S/C15H25N5O2S/c1-3-5-8-22-15(21)18-12-7-6-11(9-12)17-14-16-10-13(19-20-14)23-4-2/h10-12H,3-9H2,1-2H3,(H,18,21)(H,16,17,20)/t11-,12-/m0/s1. The summed E-state index contributed by atoms with van der Waals surface area (Å²) in [4.78, 5) is 15.9. The molecule has 1 aliphatic carbocycles. The van der Waals surface area contributed by atoms with Crippen LogP contribution in [-0.4, -0.2) is 45.7 Å². The molecule has 1 fully saturated rings.